The van der Waals surface area contributed by atoms with Gasteiger partial charge in [-0.1, -0.05) is 36.2 Å². The van der Waals surface area contributed by atoms with Crippen molar-refractivity contribution in [2.75, 3.05) is 38.2 Å². The highest BCUT2D eigenvalue weighted by atomic mass is 35.5. The highest BCUT2D eigenvalue weighted by Crippen LogP contribution is 2.45. The van der Waals surface area contributed by atoms with Crippen LogP contribution in [-0.2, 0) is 34.5 Å². The maximum Gasteiger partial charge on any atom is 0.317 e. The van der Waals surface area contributed by atoms with Crippen LogP contribution in [0.1, 0.15) is 24.8 Å². The first kappa shape index (κ1) is 23.7. The SMILES string of the molecule is O=C(COC(=O)C1(c2ccc(Cl)cc2)CCC1)Nc1cccc(S(=O)(=O)N2CCOCC2)c1. The van der Waals surface area contributed by atoms with Gasteiger partial charge in [-0.25, -0.2) is 8.42 Å². The van der Waals surface area contributed by atoms with Gasteiger partial charge in [0, 0.05) is 23.8 Å². The Morgan fingerprint density at radius 3 is 2.42 bits per heavy atom. The number of carbonyl (C=O) groups is 2. The van der Waals surface area contributed by atoms with E-state index in [0.29, 0.717) is 36.8 Å². The molecule has 176 valence electrons. The summed E-state index contributed by atoms with van der Waals surface area (Å²) in [6.07, 6.45) is 2.20. The van der Waals surface area contributed by atoms with Gasteiger partial charge in [-0.2, -0.15) is 4.31 Å². The largest absolute Gasteiger partial charge is 0.455 e. The third-order valence-corrected chi connectivity index (χ3v) is 8.20. The number of ether oxygens (including phenoxy) is 2. The molecule has 8 nitrogen and oxygen atoms in total. The van der Waals surface area contributed by atoms with Gasteiger partial charge in [0.15, 0.2) is 6.61 Å². The fourth-order valence-corrected chi connectivity index (χ4v) is 5.63. The number of rotatable bonds is 7. The molecule has 0 atom stereocenters. The average Bonchev–Trinajstić information content (AvgIpc) is 2.79. The van der Waals surface area contributed by atoms with E-state index in [4.69, 9.17) is 21.1 Å². The number of nitrogens with one attached hydrogen (secondary N) is 1. The van der Waals surface area contributed by atoms with E-state index < -0.39 is 33.9 Å². The Morgan fingerprint density at radius 1 is 1.09 bits per heavy atom. The fraction of sp³-hybridized carbons (Fsp3) is 0.391. The van der Waals surface area contributed by atoms with Crippen molar-refractivity contribution in [3.8, 4) is 0 Å². The van der Waals surface area contributed by atoms with Gasteiger partial charge in [0.05, 0.1) is 23.5 Å². The minimum atomic E-state index is -3.69. The second kappa shape index (κ2) is 9.80. The first-order chi connectivity index (χ1) is 15.8. The van der Waals surface area contributed by atoms with Crippen molar-refractivity contribution in [3.63, 3.8) is 0 Å². The maximum atomic E-state index is 12.8. The second-order valence-electron chi connectivity index (χ2n) is 8.11. The molecule has 1 aliphatic carbocycles. The van der Waals surface area contributed by atoms with Crippen LogP contribution in [0.5, 0.6) is 0 Å². The minimum absolute atomic E-state index is 0.0790. The summed E-state index contributed by atoms with van der Waals surface area (Å²) >= 11 is 5.95. The summed E-state index contributed by atoms with van der Waals surface area (Å²) in [4.78, 5) is 25.3. The molecule has 2 fully saturated rings. The molecule has 1 saturated heterocycles. The van der Waals surface area contributed by atoms with Crippen molar-refractivity contribution in [2.45, 2.75) is 29.6 Å². The van der Waals surface area contributed by atoms with Crippen molar-refractivity contribution in [2.24, 2.45) is 0 Å². The van der Waals surface area contributed by atoms with Crippen molar-refractivity contribution < 1.29 is 27.5 Å². The molecule has 4 rings (SSSR count). The number of amides is 1. The molecule has 2 aliphatic rings. The summed E-state index contributed by atoms with van der Waals surface area (Å²) < 4.78 is 37.6. The number of benzene rings is 2. The second-order valence-corrected chi connectivity index (χ2v) is 10.5. The Morgan fingerprint density at radius 2 is 1.79 bits per heavy atom. The van der Waals surface area contributed by atoms with Crippen LogP contribution in [0, 0.1) is 0 Å². The third-order valence-electron chi connectivity index (χ3n) is 6.05. The predicted octanol–water partition coefficient (Wildman–Crippen LogP) is 2.96. The highest BCUT2D eigenvalue weighted by molar-refractivity contribution is 7.89. The molecule has 1 saturated carbocycles. The normalized spacial score (nSPS) is 18.2. The van der Waals surface area contributed by atoms with Crippen molar-refractivity contribution in [3.05, 3.63) is 59.1 Å². The Hall–Kier alpha value is -2.46. The zero-order valence-corrected chi connectivity index (χ0v) is 19.5. The van der Waals surface area contributed by atoms with Crippen LogP contribution in [0.4, 0.5) is 5.69 Å². The summed E-state index contributed by atoms with van der Waals surface area (Å²) in [6.45, 7) is 0.792. The number of halogens is 1. The van der Waals surface area contributed by atoms with Crippen LogP contribution < -0.4 is 5.32 Å². The van der Waals surface area contributed by atoms with Gasteiger partial charge in [0.2, 0.25) is 10.0 Å². The van der Waals surface area contributed by atoms with E-state index >= 15 is 0 Å². The van der Waals surface area contributed by atoms with Crippen LogP contribution in [0.2, 0.25) is 5.02 Å². The van der Waals surface area contributed by atoms with E-state index in [-0.39, 0.29) is 18.0 Å². The predicted molar refractivity (Wildman–Crippen MR) is 123 cm³/mol. The van der Waals surface area contributed by atoms with E-state index in [1.165, 1.54) is 16.4 Å². The number of hydrogen-bond donors (Lipinski definition) is 1. The molecule has 0 bridgehead atoms. The van der Waals surface area contributed by atoms with E-state index in [0.717, 1.165) is 12.0 Å². The van der Waals surface area contributed by atoms with E-state index in [1.54, 1.807) is 24.3 Å². The quantitative estimate of drug-likeness (QED) is 0.596. The summed E-state index contributed by atoms with van der Waals surface area (Å²) in [5.74, 6) is -0.996. The lowest BCUT2D eigenvalue weighted by Crippen LogP contribution is -2.44. The molecule has 0 unspecified atom stereocenters. The van der Waals surface area contributed by atoms with Gasteiger partial charge in [0.1, 0.15) is 0 Å². The minimum Gasteiger partial charge on any atom is -0.455 e. The lowest BCUT2D eigenvalue weighted by atomic mass is 9.64. The fourth-order valence-electron chi connectivity index (χ4n) is 4.05. The van der Waals surface area contributed by atoms with Gasteiger partial charge >= 0.3 is 5.97 Å². The molecule has 10 heteroatoms. The standard InChI is InChI=1S/C23H25ClN2O6S/c24-18-7-5-17(6-8-18)23(9-2-10-23)22(28)32-16-21(27)25-19-3-1-4-20(15-19)33(29,30)26-11-13-31-14-12-26/h1,3-8,15H,2,9-14,16H2,(H,25,27). The Kier molecular flexibility index (Phi) is 7.04. The number of esters is 1. The molecule has 1 heterocycles. The molecule has 1 aliphatic heterocycles. The zero-order chi connectivity index (χ0) is 23.5. The van der Waals surface area contributed by atoms with Crippen LogP contribution in [-0.4, -0.2) is 57.5 Å². The molecule has 0 spiro atoms. The van der Waals surface area contributed by atoms with Crippen molar-refractivity contribution >= 4 is 39.2 Å². The summed E-state index contributed by atoms with van der Waals surface area (Å²) in [6, 6.07) is 13.1. The molecular weight excluding hydrogens is 468 g/mol. The molecule has 0 aromatic heterocycles. The summed E-state index contributed by atoms with van der Waals surface area (Å²) in [5.41, 5.74) is 0.378. The Labute approximate surface area is 197 Å². The third kappa shape index (κ3) is 5.06. The number of morpholine rings is 1. The number of anilines is 1. The van der Waals surface area contributed by atoms with Crippen LogP contribution in [0.3, 0.4) is 0 Å². The lowest BCUT2D eigenvalue weighted by Gasteiger charge is -2.39. The van der Waals surface area contributed by atoms with Crippen LogP contribution in [0.15, 0.2) is 53.4 Å². The van der Waals surface area contributed by atoms with Crippen LogP contribution >= 0.6 is 11.6 Å². The topological polar surface area (TPSA) is 102 Å². The number of sulfonamides is 1. The van der Waals surface area contributed by atoms with Crippen LogP contribution in [0.25, 0.3) is 0 Å². The number of nitrogens with zero attached hydrogens (tertiary/aromatic N) is 1. The first-order valence-electron chi connectivity index (χ1n) is 10.7. The number of hydrogen-bond acceptors (Lipinski definition) is 6. The first-order valence-corrected chi connectivity index (χ1v) is 12.5. The summed E-state index contributed by atoms with van der Waals surface area (Å²) in [7, 11) is -3.69. The van der Waals surface area contributed by atoms with Gasteiger partial charge in [0.25, 0.3) is 5.91 Å². The smallest absolute Gasteiger partial charge is 0.317 e. The molecule has 1 N–H and O–H groups in total. The van der Waals surface area contributed by atoms with E-state index in [2.05, 4.69) is 5.32 Å². The zero-order valence-electron chi connectivity index (χ0n) is 18.0. The Balaban J connectivity index is 1.38. The van der Waals surface area contributed by atoms with Gasteiger partial charge in [-0.05, 0) is 48.7 Å². The van der Waals surface area contributed by atoms with E-state index in [1.807, 2.05) is 12.1 Å². The molecule has 2 aromatic rings. The van der Waals surface area contributed by atoms with E-state index in [9.17, 15) is 18.0 Å². The van der Waals surface area contributed by atoms with Crippen molar-refractivity contribution in [1.82, 2.24) is 4.31 Å². The lowest BCUT2D eigenvalue weighted by molar-refractivity contribution is -0.156. The molecule has 33 heavy (non-hydrogen) atoms. The monoisotopic (exact) mass is 492 g/mol. The molecule has 2 aromatic carbocycles. The summed E-state index contributed by atoms with van der Waals surface area (Å²) in [5, 5.41) is 3.19. The molecular formula is C23H25ClN2O6S. The Bertz CT molecular complexity index is 1130. The highest BCUT2D eigenvalue weighted by Gasteiger charge is 2.47. The molecule has 1 amide bonds. The van der Waals surface area contributed by atoms with Gasteiger partial charge in [-0.15, -0.1) is 0 Å². The number of carbonyl (C=O) groups excluding carboxylic acids is 2. The average molecular weight is 493 g/mol. The molecule has 0 radical (unpaired) electrons. The van der Waals surface area contributed by atoms with Gasteiger partial charge in [-0.3, -0.25) is 9.59 Å². The van der Waals surface area contributed by atoms with Gasteiger partial charge < -0.3 is 14.8 Å². The maximum absolute atomic E-state index is 12.8. The van der Waals surface area contributed by atoms with Crippen molar-refractivity contribution in [1.29, 1.82) is 0 Å².